The fraction of sp³-hybridized carbons (Fsp3) is 0.900. The second-order valence-electron chi connectivity index (χ2n) is 3.76. The lowest BCUT2D eigenvalue weighted by Crippen LogP contribution is -2.48. The first kappa shape index (κ1) is 12.7. The molecule has 4 nitrogen and oxygen atoms in total. The molecule has 1 fully saturated rings. The highest BCUT2D eigenvalue weighted by Crippen LogP contribution is 2.24. The van der Waals surface area contributed by atoms with Gasteiger partial charge in [0.1, 0.15) is 0 Å². The third kappa shape index (κ3) is 3.33. The molecule has 15 heavy (non-hydrogen) atoms. The maximum Gasteiger partial charge on any atom is 0.366 e. The Hall–Kier alpha value is -0.320. The molecule has 1 rings (SSSR count). The van der Waals surface area contributed by atoms with Crippen LogP contribution in [-0.4, -0.2) is 38.0 Å². The van der Waals surface area contributed by atoms with Crippen molar-refractivity contribution >= 4 is 17.6 Å². The van der Waals surface area contributed by atoms with Crippen LogP contribution in [0.1, 0.15) is 19.8 Å². The Labute approximate surface area is 94.8 Å². The Morgan fingerprint density at radius 2 is 2.13 bits per heavy atom. The van der Waals surface area contributed by atoms with Crippen molar-refractivity contribution in [3.63, 3.8) is 0 Å². The molecular formula is C10H17ClO4. The molecule has 1 aliphatic heterocycles. The van der Waals surface area contributed by atoms with Gasteiger partial charge in [0, 0.05) is 18.7 Å². The van der Waals surface area contributed by atoms with Crippen molar-refractivity contribution in [1.82, 2.24) is 0 Å². The minimum atomic E-state index is -1.23. The van der Waals surface area contributed by atoms with E-state index in [1.807, 2.05) is 0 Å². The maximum atomic E-state index is 11.3. The Bertz CT molecular complexity index is 211. The Morgan fingerprint density at radius 3 is 2.60 bits per heavy atom. The third-order valence-corrected chi connectivity index (χ3v) is 2.76. The second-order valence-corrected chi connectivity index (χ2v) is 4.13. The van der Waals surface area contributed by atoms with Crippen LogP contribution in [0.4, 0.5) is 0 Å². The Morgan fingerprint density at radius 1 is 1.53 bits per heavy atom. The lowest BCUT2D eigenvalue weighted by Gasteiger charge is -2.35. The molecule has 5 heteroatoms. The summed E-state index contributed by atoms with van der Waals surface area (Å²) in [6, 6.07) is 0. The summed E-state index contributed by atoms with van der Waals surface area (Å²) in [5, 5.41) is 0. The quantitative estimate of drug-likeness (QED) is 0.549. The van der Waals surface area contributed by atoms with Gasteiger partial charge in [0.2, 0.25) is 0 Å². The minimum Gasteiger partial charge on any atom is -0.465 e. The SMILES string of the molecule is COC(=O)[C@]1(C)OC[C@H](CCCCl)CO1. The predicted molar refractivity (Wildman–Crippen MR) is 55.8 cm³/mol. The first-order chi connectivity index (χ1) is 7.12. The molecule has 1 aliphatic rings. The first-order valence-electron chi connectivity index (χ1n) is 5.04. The van der Waals surface area contributed by atoms with Crippen molar-refractivity contribution in [1.29, 1.82) is 0 Å². The van der Waals surface area contributed by atoms with E-state index in [4.69, 9.17) is 21.1 Å². The molecule has 0 aromatic rings. The second kappa shape index (κ2) is 5.68. The standard InChI is InChI=1S/C10H17ClO4/c1-10(9(12)13-2)14-6-8(7-15-10)4-3-5-11/h8H,3-7H2,1-2H3/t8-,10+. The van der Waals surface area contributed by atoms with Crippen LogP contribution in [0.15, 0.2) is 0 Å². The average Bonchev–Trinajstić information content (AvgIpc) is 2.27. The zero-order valence-electron chi connectivity index (χ0n) is 9.12. The Kier molecular flexibility index (Phi) is 4.83. The van der Waals surface area contributed by atoms with Gasteiger partial charge in [-0.3, -0.25) is 0 Å². The highest BCUT2D eigenvalue weighted by molar-refractivity contribution is 6.17. The van der Waals surface area contributed by atoms with E-state index in [0.29, 0.717) is 25.0 Å². The molecule has 0 bridgehead atoms. The topological polar surface area (TPSA) is 44.8 Å². The number of methoxy groups -OCH3 is 1. The monoisotopic (exact) mass is 236 g/mol. The maximum absolute atomic E-state index is 11.3. The molecule has 88 valence electrons. The van der Waals surface area contributed by atoms with E-state index in [1.165, 1.54) is 7.11 Å². The summed E-state index contributed by atoms with van der Waals surface area (Å²) < 4.78 is 15.4. The third-order valence-electron chi connectivity index (χ3n) is 2.49. The number of rotatable bonds is 4. The van der Waals surface area contributed by atoms with Gasteiger partial charge in [-0.1, -0.05) is 0 Å². The number of halogens is 1. The summed E-state index contributed by atoms with van der Waals surface area (Å²) in [7, 11) is 1.32. The van der Waals surface area contributed by atoms with Crippen LogP contribution < -0.4 is 0 Å². The van der Waals surface area contributed by atoms with Gasteiger partial charge >= 0.3 is 5.97 Å². The van der Waals surface area contributed by atoms with Gasteiger partial charge in [-0.15, -0.1) is 11.6 Å². The van der Waals surface area contributed by atoms with E-state index in [0.717, 1.165) is 12.8 Å². The molecule has 0 N–H and O–H groups in total. The van der Waals surface area contributed by atoms with Crippen molar-refractivity contribution in [2.45, 2.75) is 25.6 Å². The summed E-state index contributed by atoms with van der Waals surface area (Å²) in [6.45, 7) is 2.61. The van der Waals surface area contributed by atoms with E-state index in [9.17, 15) is 4.79 Å². The fourth-order valence-electron chi connectivity index (χ4n) is 1.48. The van der Waals surface area contributed by atoms with Gasteiger partial charge in [0.05, 0.1) is 20.3 Å². The largest absolute Gasteiger partial charge is 0.465 e. The number of alkyl halides is 1. The Balaban J connectivity index is 2.37. The number of carbonyl (C=O) groups excluding carboxylic acids is 1. The van der Waals surface area contributed by atoms with Gasteiger partial charge in [-0.05, 0) is 12.8 Å². The molecule has 0 aromatic carbocycles. The molecule has 0 radical (unpaired) electrons. The van der Waals surface area contributed by atoms with E-state index in [2.05, 4.69) is 4.74 Å². The zero-order valence-corrected chi connectivity index (χ0v) is 9.88. The number of esters is 1. The van der Waals surface area contributed by atoms with Crippen LogP contribution in [0, 0.1) is 5.92 Å². The van der Waals surface area contributed by atoms with E-state index >= 15 is 0 Å². The fourth-order valence-corrected chi connectivity index (χ4v) is 1.63. The van der Waals surface area contributed by atoms with Crippen LogP contribution in [0.5, 0.6) is 0 Å². The van der Waals surface area contributed by atoms with Gasteiger partial charge < -0.3 is 14.2 Å². The average molecular weight is 237 g/mol. The molecule has 0 aliphatic carbocycles. The van der Waals surface area contributed by atoms with Crippen molar-refractivity contribution in [3.05, 3.63) is 0 Å². The summed E-state index contributed by atoms with van der Waals surface area (Å²) in [5.74, 6) is -0.753. The van der Waals surface area contributed by atoms with Crippen molar-refractivity contribution in [2.75, 3.05) is 26.2 Å². The molecule has 0 unspecified atom stereocenters. The highest BCUT2D eigenvalue weighted by atomic mass is 35.5. The number of ether oxygens (including phenoxy) is 3. The van der Waals surface area contributed by atoms with Crippen molar-refractivity contribution < 1.29 is 19.0 Å². The van der Waals surface area contributed by atoms with Crippen LogP contribution in [0.25, 0.3) is 0 Å². The lowest BCUT2D eigenvalue weighted by molar-refractivity contribution is -0.272. The van der Waals surface area contributed by atoms with Crippen LogP contribution in [0.2, 0.25) is 0 Å². The van der Waals surface area contributed by atoms with Crippen molar-refractivity contribution in [3.8, 4) is 0 Å². The van der Waals surface area contributed by atoms with Crippen LogP contribution in [-0.2, 0) is 19.0 Å². The summed E-state index contributed by atoms with van der Waals surface area (Å²) in [6.07, 6.45) is 1.90. The summed E-state index contributed by atoms with van der Waals surface area (Å²) in [5.41, 5.74) is 0. The molecule has 0 aromatic heterocycles. The number of carbonyl (C=O) groups is 1. The van der Waals surface area contributed by atoms with Crippen LogP contribution in [0.3, 0.4) is 0 Å². The molecule has 0 spiro atoms. The van der Waals surface area contributed by atoms with E-state index < -0.39 is 11.8 Å². The van der Waals surface area contributed by atoms with E-state index in [-0.39, 0.29) is 0 Å². The van der Waals surface area contributed by atoms with Gasteiger partial charge in [-0.2, -0.15) is 0 Å². The predicted octanol–water partition coefficient (Wildman–Crippen LogP) is 1.56. The molecule has 0 amide bonds. The normalized spacial score (nSPS) is 31.3. The molecule has 1 heterocycles. The van der Waals surface area contributed by atoms with Gasteiger partial charge in [-0.25, -0.2) is 4.79 Å². The molecular weight excluding hydrogens is 220 g/mol. The highest BCUT2D eigenvalue weighted by Gasteiger charge is 2.41. The lowest BCUT2D eigenvalue weighted by atomic mass is 10.0. The van der Waals surface area contributed by atoms with Gasteiger partial charge in [0.15, 0.2) is 0 Å². The molecule has 0 atom stereocenters. The summed E-state index contributed by atoms with van der Waals surface area (Å²) >= 11 is 5.59. The molecule has 0 saturated carbocycles. The first-order valence-corrected chi connectivity index (χ1v) is 5.58. The smallest absolute Gasteiger partial charge is 0.366 e. The number of hydrogen-bond acceptors (Lipinski definition) is 4. The van der Waals surface area contributed by atoms with Gasteiger partial charge in [0.25, 0.3) is 5.79 Å². The van der Waals surface area contributed by atoms with E-state index in [1.54, 1.807) is 6.92 Å². The zero-order chi connectivity index (χ0) is 11.3. The minimum absolute atomic E-state index is 0.321. The molecule has 1 saturated heterocycles. The summed E-state index contributed by atoms with van der Waals surface area (Å²) in [4.78, 5) is 11.3. The number of hydrogen-bond donors (Lipinski definition) is 0. The van der Waals surface area contributed by atoms with Crippen LogP contribution >= 0.6 is 11.6 Å². The van der Waals surface area contributed by atoms with Crippen molar-refractivity contribution in [2.24, 2.45) is 5.92 Å².